The molecule has 6 nitrogen and oxygen atoms in total. The summed E-state index contributed by atoms with van der Waals surface area (Å²) in [7, 11) is 0. The number of amides is 3. The van der Waals surface area contributed by atoms with Gasteiger partial charge in [-0.25, -0.2) is 0 Å². The van der Waals surface area contributed by atoms with E-state index in [0.29, 0.717) is 17.0 Å². The minimum atomic E-state index is -0.485. The second kappa shape index (κ2) is 9.43. The summed E-state index contributed by atoms with van der Waals surface area (Å²) in [6.45, 7) is 3.66. The quantitative estimate of drug-likeness (QED) is 0.678. The Labute approximate surface area is 173 Å². The van der Waals surface area contributed by atoms with Gasteiger partial charge in [0.05, 0.1) is 11.0 Å². The van der Waals surface area contributed by atoms with Gasteiger partial charge in [0.25, 0.3) is 11.1 Å². The predicted octanol–water partition coefficient (Wildman–Crippen LogP) is 4.54. The lowest BCUT2D eigenvalue weighted by atomic mass is 10.1. The number of carbonyl (C=O) groups is 3. The van der Waals surface area contributed by atoms with Crippen LogP contribution in [0.4, 0.5) is 10.5 Å². The van der Waals surface area contributed by atoms with Gasteiger partial charge in [0.1, 0.15) is 12.3 Å². The summed E-state index contributed by atoms with van der Waals surface area (Å²) >= 11 is 0.821. The summed E-state index contributed by atoms with van der Waals surface area (Å²) in [5, 5.41) is 2.21. The van der Waals surface area contributed by atoms with Gasteiger partial charge in [-0.3, -0.25) is 19.3 Å². The number of rotatable bonds is 7. The summed E-state index contributed by atoms with van der Waals surface area (Å²) in [5.41, 5.74) is 1.32. The van der Waals surface area contributed by atoms with Crippen LogP contribution in [0.15, 0.2) is 59.5 Å². The molecule has 0 aliphatic carbocycles. The number of carbonyl (C=O) groups excluding carboxylic acids is 3. The monoisotopic (exact) mass is 410 g/mol. The highest BCUT2D eigenvalue weighted by molar-refractivity contribution is 8.18. The van der Waals surface area contributed by atoms with Gasteiger partial charge >= 0.3 is 0 Å². The molecular formula is C22H22N2O4S. The van der Waals surface area contributed by atoms with Crippen LogP contribution in [0.5, 0.6) is 5.75 Å². The molecule has 1 N–H and O–H groups in total. The lowest BCUT2D eigenvalue weighted by Crippen LogP contribution is -2.36. The van der Waals surface area contributed by atoms with E-state index in [1.165, 1.54) is 0 Å². The van der Waals surface area contributed by atoms with Crippen LogP contribution in [-0.4, -0.2) is 34.6 Å². The molecule has 150 valence electrons. The normalized spacial score (nSPS) is 16.2. The maximum Gasteiger partial charge on any atom is 0.294 e. The molecule has 3 amide bonds. The van der Waals surface area contributed by atoms with Crippen molar-refractivity contribution in [3.8, 4) is 5.75 Å². The molecule has 3 rings (SSSR count). The first-order valence-corrected chi connectivity index (χ1v) is 10.2. The van der Waals surface area contributed by atoms with Gasteiger partial charge < -0.3 is 10.1 Å². The highest BCUT2D eigenvalue weighted by Gasteiger charge is 2.36. The Morgan fingerprint density at radius 2 is 1.83 bits per heavy atom. The molecule has 2 aromatic carbocycles. The minimum Gasteiger partial charge on any atom is -0.490 e. The fourth-order valence-electron chi connectivity index (χ4n) is 2.65. The van der Waals surface area contributed by atoms with Crippen molar-refractivity contribution < 1.29 is 19.1 Å². The van der Waals surface area contributed by atoms with E-state index in [9.17, 15) is 14.4 Å². The zero-order chi connectivity index (χ0) is 20.8. The predicted molar refractivity (Wildman–Crippen MR) is 115 cm³/mol. The molecule has 0 bridgehead atoms. The van der Waals surface area contributed by atoms with E-state index in [1.54, 1.807) is 30.3 Å². The van der Waals surface area contributed by atoms with Crippen molar-refractivity contribution in [3.05, 3.63) is 65.1 Å². The Morgan fingerprint density at radius 1 is 1.14 bits per heavy atom. The summed E-state index contributed by atoms with van der Waals surface area (Å²) in [5.74, 6) is -0.266. The van der Waals surface area contributed by atoms with Gasteiger partial charge in [0.2, 0.25) is 5.91 Å². The van der Waals surface area contributed by atoms with Crippen LogP contribution in [0.3, 0.4) is 0 Å². The highest BCUT2D eigenvalue weighted by Crippen LogP contribution is 2.34. The number of ether oxygens (including phenoxy) is 1. The number of imide groups is 1. The van der Waals surface area contributed by atoms with Crippen LogP contribution in [0.2, 0.25) is 0 Å². The van der Waals surface area contributed by atoms with Gasteiger partial charge in [-0.15, -0.1) is 0 Å². The van der Waals surface area contributed by atoms with Gasteiger partial charge in [0, 0.05) is 11.3 Å². The topological polar surface area (TPSA) is 75.7 Å². The summed E-state index contributed by atoms with van der Waals surface area (Å²) in [6.07, 6.45) is 2.51. The molecule has 0 saturated carbocycles. The van der Waals surface area contributed by atoms with E-state index >= 15 is 0 Å². The minimum absolute atomic E-state index is 0.0290. The van der Waals surface area contributed by atoms with Crippen molar-refractivity contribution in [1.29, 1.82) is 0 Å². The number of nitrogens with one attached hydrogen (secondary N) is 1. The number of anilines is 1. The Morgan fingerprint density at radius 3 is 2.55 bits per heavy atom. The average Bonchev–Trinajstić information content (AvgIpc) is 2.97. The third-order valence-electron chi connectivity index (χ3n) is 4.34. The van der Waals surface area contributed by atoms with E-state index in [2.05, 4.69) is 5.32 Å². The smallest absolute Gasteiger partial charge is 0.294 e. The zero-order valence-electron chi connectivity index (χ0n) is 16.3. The van der Waals surface area contributed by atoms with Crippen molar-refractivity contribution in [2.45, 2.75) is 26.4 Å². The molecule has 1 heterocycles. The second-order valence-corrected chi connectivity index (χ2v) is 7.55. The van der Waals surface area contributed by atoms with Crippen molar-refractivity contribution >= 4 is 40.6 Å². The fraction of sp³-hybridized carbons (Fsp3) is 0.227. The van der Waals surface area contributed by atoms with Crippen LogP contribution in [0.25, 0.3) is 6.08 Å². The van der Waals surface area contributed by atoms with E-state index in [1.807, 2.05) is 44.2 Å². The van der Waals surface area contributed by atoms with Crippen molar-refractivity contribution in [2.24, 2.45) is 0 Å². The third-order valence-corrected chi connectivity index (χ3v) is 5.25. The largest absolute Gasteiger partial charge is 0.490 e. The summed E-state index contributed by atoms with van der Waals surface area (Å²) < 4.78 is 5.90. The molecule has 1 aliphatic rings. The number of thioether (sulfide) groups is 1. The third kappa shape index (κ3) is 5.26. The van der Waals surface area contributed by atoms with E-state index in [4.69, 9.17) is 4.74 Å². The molecule has 1 fully saturated rings. The van der Waals surface area contributed by atoms with E-state index in [0.717, 1.165) is 23.1 Å². The van der Waals surface area contributed by atoms with Crippen molar-refractivity contribution in [1.82, 2.24) is 4.90 Å². The Kier molecular flexibility index (Phi) is 6.72. The number of para-hydroxylation sites is 2. The maximum atomic E-state index is 12.7. The summed E-state index contributed by atoms with van der Waals surface area (Å²) in [6, 6.07) is 16.2. The Balaban J connectivity index is 1.73. The van der Waals surface area contributed by atoms with Crippen LogP contribution < -0.4 is 10.1 Å². The molecule has 29 heavy (non-hydrogen) atoms. The molecule has 1 atom stereocenters. The number of benzene rings is 2. The fourth-order valence-corrected chi connectivity index (χ4v) is 3.48. The first-order valence-electron chi connectivity index (χ1n) is 9.34. The van der Waals surface area contributed by atoms with E-state index < -0.39 is 17.1 Å². The lowest BCUT2D eigenvalue weighted by molar-refractivity contribution is -0.127. The molecule has 0 unspecified atom stereocenters. The molecule has 7 heteroatoms. The van der Waals surface area contributed by atoms with Crippen LogP contribution in [0.1, 0.15) is 25.8 Å². The van der Waals surface area contributed by atoms with E-state index in [-0.39, 0.29) is 17.6 Å². The molecule has 0 spiro atoms. The van der Waals surface area contributed by atoms with Crippen LogP contribution in [0, 0.1) is 0 Å². The van der Waals surface area contributed by atoms with Gasteiger partial charge in [-0.2, -0.15) is 0 Å². The molecule has 1 saturated heterocycles. The Bertz CT molecular complexity index is 943. The van der Waals surface area contributed by atoms with Crippen molar-refractivity contribution in [2.75, 3.05) is 11.9 Å². The first-order chi connectivity index (χ1) is 14.0. The molecule has 0 aromatic heterocycles. The number of hydrogen-bond donors (Lipinski definition) is 1. The average molecular weight is 410 g/mol. The number of nitrogens with zero attached hydrogens (tertiary/aromatic N) is 1. The van der Waals surface area contributed by atoms with Gasteiger partial charge in [-0.1, -0.05) is 43.3 Å². The standard InChI is InChI=1S/C22H22N2O4S/c1-3-15(2)28-18-12-8-7-9-16(18)13-19-21(26)24(22(27)29-19)14-20(25)23-17-10-5-4-6-11-17/h4-13,15H,3,14H2,1-2H3,(H,23,25)/b19-13+/t15-/m1/s1. The van der Waals surface area contributed by atoms with Crippen molar-refractivity contribution in [3.63, 3.8) is 0 Å². The SMILES string of the molecule is CC[C@@H](C)Oc1ccccc1/C=C1/SC(=O)N(CC(=O)Nc2ccccc2)C1=O. The second-order valence-electron chi connectivity index (χ2n) is 6.56. The molecule has 2 aromatic rings. The van der Waals surface area contributed by atoms with Gasteiger partial charge in [0.15, 0.2) is 0 Å². The zero-order valence-corrected chi connectivity index (χ0v) is 17.1. The lowest BCUT2D eigenvalue weighted by Gasteiger charge is -2.15. The highest BCUT2D eigenvalue weighted by atomic mass is 32.2. The van der Waals surface area contributed by atoms with Gasteiger partial charge in [-0.05, 0) is 49.4 Å². The van der Waals surface area contributed by atoms with Crippen LogP contribution in [-0.2, 0) is 9.59 Å². The van der Waals surface area contributed by atoms with Crippen LogP contribution >= 0.6 is 11.8 Å². The Hall–Kier alpha value is -3.06. The maximum absolute atomic E-state index is 12.7. The number of hydrogen-bond acceptors (Lipinski definition) is 5. The molecule has 0 radical (unpaired) electrons. The first kappa shape index (κ1) is 20.7. The summed E-state index contributed by atoms with van der Waals surface area (Å²) in [4.78, 5) is 38.4. The molecular weight excluding hydrogens is 388 g/mol. The molecule has 1 aliphatic heterocycles.